The van der Waals surface area contributed by atoms with E-state index >= 15 is 0 Å². The van der Waals surface area contributed by atoms with Gasteiger partial charge in [-0.15, -0.1) is 0 Å². The van der Waals surface area contributed by atoms with Crippen LogP contribution in [0, 0.1) is 0 Å². The Labute approximate surface area is 70.3 Å². The molecule has 11 heavy (non-hydrogen) atoms. The molecule has 6 heteroatoms. The molecular formula is C5H6BrF2NO2. The number of amides is 1. The van der Waals surface area contributed by atoms with Crippen LogP contribution >= 0.6 is 15.9 Å². The summed E-state index contributed by atoms with van der Waals surface area (Å²) >= 11 is 2.81. The minimum absolute atomic E-state index is 0.0521. The average molecular weight is 230 g/mol. The van der Waals surface area contributed by atoms with Crippen molar-refractivity contribution in [2.24, 2.45) is 0 Å². The van der Waals surface area contributed by atoms with E-state index in [2.05, 4.69) is 15.9 Å². The van der Waals surface area contributed by atoms with Gasteiger partial charge >= 0.3 is 6.43 Å². The SMILES string of the molecule is O=C(CBr)CNC(=O)C(F)F. The van der Waals surface area contributed by atoms with Crippen molar-refractivity contribution in [3.05, 3.63) is 0 Å². The Morgan fingerprint density at radius 2 is 2.00 bits per heavy atom. The Balaban J connectivity index is 3.54. The fourth-order valence-electron chi connectivity index (χ4n) is 0.310. The first-order valence-corrected chi connectivity index (χ1v) is 3.83. The van der Waals surface area contributed by atoms with Crippen molar-refractivity contribution in [1.82, 2.24) is 5.32 Å². The normalized spacial score (nSPS) is 9.82. The molecule has 1 amide bonds. The molecule has 0 heterocycles. The summed E-state index contributed by atoms with van der Waals surface area (Å²) in [6.07, 6.45) is -3.06. The summed E-state index contributed by atoms with van der Waals surface area (Å²) in [5, 5.41) is 1.82. The molecule has 0 spiro atoms. The predicted molar refractivity (Wildman–Crippen MR) is 37.8 cm³/mol. The van der Waals surface area contributed by atoms with Gasteiger partial charge in [-0.05, 0) is 0 Å². The van der Waals surface area contributed by atoms with E-state index in [1.165, 1.54) is 0 Å². The Morgan fingerprint density at radius 3 is 2.36 bits per heavy atom. The van der Waals surface area contributed by atoms with Crippen LogP contribution in [0.2, 0.25) is 0 Å². The first kappa shape index (κ1) is 10.5. The Morgan fingerprint density at radius 1 is 1.45 bits per heavy atom. The molecule has 0 atom stereocenters. The molecule has 0 radical (unpaired) electrons. The molecule has 0 aliphatic heterocycles. The Kier molecular flexibility index (Phi) is 4.93. The maximum absolute atomic E-state index is 11.4. The van der Waals surface area contributed by atoms with Crippen molar-refractivity contribution in [2.45, 2.75) is 6.43 Å². The largest absolute Gasteiger partial charge is 0.344 e. The lowest BCUT2D eigenvalue weighted by molar-refractivity contribution is -0.133. The monoisotopic (exact) mass is 229 g/mol. The quantitative estimate of drug-likeness (QED) is 0.707. The van der Waals surface area contributed by atoms with Gasteiger partial charge in [-0.25, -0.2) is 0 Å². The molecule has 64 valence electrons. The third-order valence-corrected chi connectivity index (χ3v) is 1.43. The van der Waals surface area contributed by atoms with E-state index < -0.39 is 12.3 Å². The summed E-state index contributed by atoms with van der Waals surface area (Å²) in [5.41, 5.74) is 0. The molecule has 0 aromatic heterocycles. The summed E-state index contributed by atoms with van der Waals surface area (Å²) < 4.78 is 22.9. The van der Waals surface area contributed by atoms with Crippen LogP contribution in [0.4, 0.5) is 8.78 Å². The lowest BCUT2D eigenvalue weighted by atomic mass is 10.4. The zero-order chi connectivity index (χ0) is 8.85. The Hall–Kier alpha value is -0.520. The van der Waals surface area contributed by atoms with Crippen LogP contribution in [0.25, 0.3) is 0 Å². The van der Waals surface area contributed by atoms with Crippen LogP contribution in [0.3, 0.4) is 0 Å². The standard InChI is InChI=1S/C5H6BrF2NO2/c6-1-3(10)2-9-5(11)4(7)8/h4H,1-2H2,(H,9,11). The number of alkyl halides is 3. The van der Waals surface area contributed by atoms with Gasteiger partial charge in [0.1, 0.15) is 0 Å². The lowest BCUT2D eigenvalue weighted by Gasteiger charge is -2.00. The summed E-state index contributed by atoms with van der Waals surface area (Å²) in [6, 6.07) is 0. The molecule has 0 aliphatic carbocycles. The summed E-state index contributed by atoms with van der Waals surface area (Å²) in [6.45, 7) is -0.353. The Bertz CT molecular complexity index is 163. The molecule has 0 saturated heterocycles. The zero-order valence-corrected chi connectivity index (χ0v) is 7.03. The van der Waals surface area contributed by atoms with Gasteiger partial charge in [0, 0.05) is 0 Å². The van der Waals surface area contributed by atoms with Crippen molar-refractivity contribution in [3.8, 4) is 0 Å². The van der Waals surface area contributed by atoms with Gasteiger partial charge in [0.2, 0.25) is 0 Å². The molecule has 0 rings (SSSR count). The number of ketones is 1. The number of rotatable bonds is 4. The van der Waals surface area contributed by atoms with E-state index in [0.29, 0.717) is 0 Å². The predicted octanol–water partition coefficient (Wildman–Crippen LogP) is 0.332. The lowest BCUT2D eigenvalue weighted by Crippen LogP contribution is -2.34. The molecule has 0 aromatic carbocycles. The van der Waals surface area contributed by atoms with Gasteiger partial charge < -0.3 is 5.32 Å². The second-order valence-corrected chi connectivity index (χ2v) is 2.25. The molecule has 0 bridgehead atoms. The molecule has 0 aromatic rings. The van der Waals surface area contributed by atoms with E-state index in [-0.39, 0.29) is 17.7 Å². The maximum Gasteiger partial charge on any atom is 0.315 e. The molecule has 0 saturated carbocycles. The van der Waals surface area contributed by atoms with Crippen LogP contribution in [-0.4, -0.2) is 30.0 Å². The highest BCUT2D eigenvalue weighted by Crippen LogP contribution is 1.90. The van der Waals surface area contributed by atoms with E-state index in [4.69, 9.17) is 0 Å². The highest BCUT2D eigenvalue weighted by molar-refractivity contribution is 9.09. The van der Waals surface area contributed by atoms with Crippen LogP contribution in [-0.2, 0) is 9.59 Å². The third-order valence-electron chi connectivity index (χ3n) is 0.807. The number of nitrogens with one attached hydrogen (secondary N) is 1. The number of Topliss-reactive ketones (excluding diaryl/α,β-unsaturated/α-hetero) is 1. The topological polar surface area (TPSA) is 46.2 Å². The van der Waals surface area contributed by atoms with Crippen molar-refractivity contribution in [2.75, 3.05) is 11.9 Å². The number of hydrogen-bond acceptors (Lipinski definition) is 2. The highest BCUT2D eigenvalue weighted by atomic mass is 79.9. The van der Waals surface area contributed by atoms with Gasteiger partial charge in [0.15, 0.2) is 5.78 Å². The van der Waals surface area contributed by atoms with Crippen molar-refractivity contribution in [3.63, 3.8) is 0 Å². The fourth-order valence-corrected chi connectivity index (χ4v) is 0.508. The minimum atomic E-state index is -3.06. The second kappa shape index (κ2) is 5.17. The van der Waals surface area contributed by atoms with Crippen LogP contribution in [0.1, 0.15) is 0 Å². The minimum Gasteiger partial charge on any atom is -0.344 e. The summed E-state index contributed by atoms with van der Waals surface area (Å²) in [4.78, 5) is 20.6. The molecule has 1 N–H and O–H groups in total. The van der Waals surface area contributed by atoms with Crippen molar-refractivity contribution in [1.29, 1.82) is 0 Å². The number of carbonyl (C=O) groups is 2. The second-order valence-electron chi connectivity index (χ2n) is 1.69. The van der Waals surface area contributed by atoms with Crippen molar-refractivity contribution < 1.29 is 18.4 Å². The highest BCUT2D eigenvalue weighted by Gasteiger charge is 2.14. The van der Waals surface area contributed by atoms with Gasteiger partial charge in [0.05, 0.1) is 11.9 Å². The molecular weight excluding hydrogens is 224 g/mol. The van der Waals surface area contributed by atoms with E-state index in [9.17, 15) is 18.4 Å². The smallest absolute Gasteiger partial charge is 0.315 e. The van der Waals surface area contributed by atoms with Gasteiger partial charge in [0.25, 0.3) is 5.91 Å². The molecule has 3 nitrogen and oxygen atoms in total. The molecule has 0 aliphatic rings. The first-order valence-electron chi connectivity index (χ1n) is 2.71. The van der Waals surface area contributed by atoms with Gasteiger partial charge in [-0.1, -0.05) is 15.9 Å². The number of halogens is 3. The van der Waals surface area contributed by atoms with Gasteiger partial charge in [-0.3, -0.25) is 9.59 Å². The average Bonchev–Trinajstić information content (AvgIpc) is 1.99. The third kappa shape index (κ3) is 4.83. The van der Waals surface area contributed by atoms with Crippen LogP contribution in [0.15, 0.2) is 0 Å². The van der Waals surface area contributed by atoms with Crippen LogP contribution in [0.5, 0.6) is 0 Å². The molecule has 0 fully saturated rings. The summed E-state index contributed by atoms with van der Waals surface area (Å²) in [5.74, 6) is -1.77. The summed E-state index contributed by atoms with van der Waals surface area (Å²) in [7, 11) is 0. The van der Waals surface area contributed by atoms with E-state index in [0.717, 1.165) is 0 Å². The fraction of sp³-hybridized carbons (Fsp3) is 0.600. The van der Waals surface area contributed by atoms with Crippen LogP contribution < -0.4 is 5.32 Å². The molecule has 0 unspecified atom stereocenters. The van der Waals surface area contributed by atoms with E-state index in [1.807, 2.05) is 0 Å². The number of hydrogen-bond donors (Lipinski definition) is 1. The number of carbonyl (C=O) groups excluding carboxylic acids is 2. The first-order chi connectivity index (χ1) is 5.07. The van der Waals surface area contributed by atoms with Crippen molar-refractivity contribution >= 4 is 27.6 Å². The maximum atomic E-state index is 11.4. The zero-order valence-electron chi connectivity index (χ0n) is 5.44. The van der Waals surface area contributed by atoms with E-state index in [1.54, 1.807) is 5.32 Å². The van der Waals surface area contributed by atoms with Gasteiger partial charge in [-0.2, -0.15) is 8.78 Å².